The van der Waals surface area contributed by atoms with Gasteiger partial charge in [-0.3, -0.25) is 14.1 Å². The molecule has 2 atom stereocenters. The van der Waals surface area contributed by atoms with Crippen LogP contribution in [0, 0.1) is 0 Å². The molecule has 261 valence electrons. The standard InChI is InChI=1S/C35H34N4O10S.Na/c1-23-17-29(37-20-30(23)39(35(37)42)49-50(43,44)45)34(41)36-19-27-18-31(40)32(47-22-24-13-15-28(46-2)16-14-24)21-38(27)48-33(25-9-5-3-6-10-25)26-11-7-4-8-12-26;/h3-18,21,29-30,33H,19-20,22H2,1-2H3,(H,36,41)(H,43,44,45);/t29-,30-;/m0./s1. The number of carbonyl (C=O) groups excluding carboxylic acids is 2. The number of amides is 3. The summed E-state index contributed by atoms with van der Waals surface area (Å²) in [7, 11) is -3.41. The number of urea groups is 1. The molecule has 16 heteroatoms. The average Bonchev–Trinajstić information content (AvgIpc) is 3.38. The van der Waals surface area contributed by atoms with E-state index in [9.17, 15) is 22.8 Å². The van der Waals surface area contributed by atoms with E-state index in [0.717, 1.165) is 21.6 Å². The molecule has 1 fully saturated rings. The third kappa shape index (κ3) is 8.81. The van der Waals surface area contributed by atoms with Crippen LogP contribution in [0.1, 0.15) is 35.4 Å². The van der Waals surface area contributed by atoms with Gasteiger partial charge in [0.05, 0.1) is 32.1 Å². The Balaban J connectivity index is 0.00000504. The molecule has 1 aromatic heterocycles. The first kappa shape index (κ1) is 37.6. The van der Waals surface area contributed by atoms with E-state index in [4.69, 9.17) is 18.9 Å². The number of carbonyl (C=O) groups is 2. The topological polar surface area (TPSA) is 166 Å². The van der Waals surface area contributed by atoms with E-state index in [2.05, 4.69) is 9.60 Å². The molecule has 2 bridgehead atoms. The van der Waals surface area contributed by atoms with Gasteiger partial charge < -0.3 is 24.5 Å². The summed E-state index contributed by atoms with van der Waals surface area (Å²) in [5.41, 5.74) is 2.76. The Labute approximate surface area is 316 Å². The Morgan fingerprint density at radius 1 is 0.980 bits per heavy atom. The van der Waals surface area contributed by atoms with Crippen molar-refractivity contribution in [1.29, 1.82) is 0 Å². The van der Waals surface area contributed by atoms with E-state index >= 15 is 0 Å². The first-order valence-corrected chi connectivity index (χ1v) is 16.9. The molecule has 1 radical (unpaired) electrons. The minimum Gasteiger partial charge on any atom is -0.497 e. The van der Waals surface area contributed by atoms with Crippen molar-refractivity contribution < 1.29 is 41.2 Å². The Kier molecular flexibility index (Phi) is 11.9. The molecule has 1 saturated heterocycles. The number of benzene rings is 3. The van der Waals surface area contributed by atoms with Crippen molar-refractivity contribution in [2.24, 2.45) is 0 Å². The molecule has 0 spiro atoms. The maximum Gasteiger partial charge on any atom is 0.418 e. The van der Waals surface area contributed by atoms with Gasteiger partial charge in [-0.2, -0.15) is 18.2 Å². The largest absolute Gasteiger partial charge is 0.497 e. The number of nitrogens with zero attached hydrogens (tertiary/aromatic N) is 3. The summed E-state index contributed by atoms with van der Waals surface area (Å²) in [6, 6.07) is 24.6. The number of methoxy groups -OCH3 is 1. The summed E-state index contributed by atoms with van der Waals surface area (Å²) in [6.45, 7) is 1.47. The van der Waals surface area contributed by atoms with Gasteiger partial charge >= 0.3 is 16.4 Å². The van der Waals surface area contributed by atoms with Crippen molar-refractivity contribution >= 4 is 51.9 Å². The maximum absolute atomic E-state index is 13.5. The van der Waals surface area contributed by atoms with Gasteiger partial charge in [-0.1, -0.05) is 78.9 Å². The van der Waals surface area contributed by atoms with Crippen molar-refractivity contribution in [2.75, 3.05) is 13.7 Å². The van der Waals surface area contributed by atoms with E-state index in [1.807, 2.05) is 72.8 Å². The SMILES string of the molecule is COc1ccc(COc2cn(OC(c3ccccc3)c3ccccc3)c(CNC(=O)[C@@H]3C=C(C)[C@@H]4CN3C(=O)N4OS(=O)(=O)O)cc2=O)cc1.[Na]. The fourth-order valence-electron chi connectivity index (χ4n) is 5.74. The van der Waals surface area contributed by atoms with Crippen molar-refractivity contribution in [3.05, 3.63) is 141 Å². The molecule has 3 heterocycles. The molecule has 2 N–H and O–H groups in total. The molecule has 6 rings (SSSR count). The smallest absolute Gasteiger partial charge is 0.418 e. The van der Waals surface area contributed by atoms with Crippen LogP contribution in [0.15, 0.2) is 114 Å². The number of hydrogen-bond donors (Lipinski definition) is 2. The first-order valence-electron chi connectivity index (χ1n) is 15.5. The van der Waals surface area contributed by atoms with Gasteiger partial charge in [0.2, 0.25) is 11.3 Å². The molecule has 0 unspecified atom stereocenters. The summed E-state index contributed by atoms with van der Waals surface area (Å²) in [5, 5.41) is 3.29. The average molecular weight is 726 g/mol. The van der Waals surface area contributed by atoms with Crippen LogP contribution in [0.4, 0.5) is 4.79 Å². The zero-order chi connectivity index (χ0) is 35.4. The normalized spacial score (nSPS) is 16.7. The minimum atomic E-state index is -4.98. The van der Waals surface area contributed by atoms with Crippen LogP contribution in [-0.2, 0) is 32.6 Å². The number of ether oxygens (including phenoxy) is 2. The second kappa shape index (κ2) is 16.1. The molecule has 0 aliphatic carbocycles. The van der Waals surface area contributed by atoms with Crippen molar-refractivity contribution in [3.8, 4) is 11.5 Å². The monoisotopic (exact) mass is 725 g/mol. The Morgan fingerprint density at radius 2 is 1.61 bits per heavy atom. The van der Waals surface area contributed by atoms with Gasteiger partial charge in [0, 0.05) is 35.6 Å². The zero-order valence-corrected chi connectivity index (χ0v) is 30.9. The summed E-state index contributed by atoms with van der Waals surface area (Å²) < 4.78 is 48.9. The summed E-state index contributed by atoms with van der Waals surface area (Å²) in [6.07, 6.45) is 2.31. The van der Waals surface area contributed by atoms with Gasteiger partial charge in [0.1, 0.15) is 24.4 Å². The fraction of sp³-hybridized carbons (Fsp3) is 0.229. The van der Waals surface area contributed by atoms with E-state index in [1.54, 1.807) is 26.2 Å². The first-order chi connectivity index (χ1) is 24.0. The van der Waals surface area contributed by atoms with Crippen LogP contribution < -0.4 is 25.1 Å². The molecule has 2 aliphatic heterocycles. The predicted molar refractivity (Wildman–Crippen MR) is 185 cm³/mol. The number of aromatic nitrogens is 1. The molecule has 3 aromatic carbocycles. The van der Waals surface area contributed by atoms with E-state index < -0.39 is 46.0 Å². The Bertz CT molecular complexity index is 2020. The zero-order valence-electron chi connectivity index (χ0n) is 28.0. The molecular weight excluding hydrogens is 691 g/mol. The van der Waals surface area contributed by atoms with Gasteiger partial charge in [-0.05, 0) is 41.3 Å². The number of hydrogen-bond acceptors (Lipinski definition) is 9. The number of pyridine rings is 1. The number of hydroxylamine groups is 2. The van der Waals surface area contributed by atoms with Crippen molar-refractivity contribution in [2.45, 2.75) is 38.3 Å². The molecular formula is C35H34N4NaO10S. The second-order valence-electron chi connectivity index (χ2n) is 11.6. The Morgan fingerprint density at radius 3 is 2.20 bits per heavy atom. The Hall–Kier alpha value is -4.64. The summed E-state index contributed by atoms with van der Waals surface area (Å²) >= 11 is 0. The van der Waals surface area contributed by atoms with E-state index in [-0.39, 0.29) is 60.7 Å². The molecule has 0 saturated carbocycles. The molecule has 14 nitrogen and oxygen atoms in total. The van der Waals surface area contributed by atoms with Crippen LogP contribution in [0.3, 0.4) is 0 Å². The van der Waals surface area contributed by atoms with Crippen LogP contribution in [0.5, 0.6) is 11.5 Å². The molecule has 4 aromatic rings. The van der Waals surface area contributed by atoms with Crippen LogP contribution in [-0.4, -0.2) is 94.9 Å². The second-order valence-corrected chi connectivity index (χ2v) is 12.6. The van der Waals surface area contributed by atoms with E-state index in [1.165, 1.54) is 23.1 Å². The fourth-order valence-corrected chi connectivity index (χ4v) is 6.11. The van der Waals surface area contributed by atoms with Gasteiger partial charge in [-0.15, -0.1) is 4.28 Å². The maximum atomic E-state index is 13.5. The molecule has 3 amide bonds. The number of fused-ring (bicyclic) bond motifs is 2. The summed E-state index contributed by atoms with van der Waals surface area (Å²) in [5.74, 6) is 0.0842. The van der Waals surface area contributed by atoms with Crippen molar-refractivity contribution in [3.63, 3.8) is 0 Å². The van der Waals surface area contributed by atoms with Crippen LogP contribution in [0.2, 0.25) is 0 Å². The predicted octanol–water partition coefficient (Wildman–Crippen LogP) is 3.06. The number of rotatable bonds is 13. The third-order valence-electron chi connectivity index (χ3n) is 8.29. The van der Waals surface area contributed by atoms with E-state index in [0.29, 0.717) is 16.4 Å². The molecule has 51 heavy (non-hydrogen) atoms. The number of nitrogens with one attached hydrogen (secondary N) is 1. The van der Waals surface area contributed by atoms with Gasteiger partial charge in [-0.25, -0.2) is 4.79 Å². The molecule has 2 aliphatic rings. The van der Waals surface area contributed by atoms with Gasteiger partial charge in [0.25, 0.3) is 0 Å². The summed E-state index contributed by atoms with van der Waals surface area (Å²) in [4.78, 5) is 47.6. The van der Waals surface area contributed by atoms with Crippen LogP contribution >= 0.6 is 0 Å². The van der Waals surface area contributed by atoms with Crippen molar-refractivity contribution in [1.82, 2.24) is 20.0 Å². The van der Waals surface area contributed by atoms with Gasteiger partial charge in [0.15, 0.2) is 11.9 Å². The third-order valence-corrected chi connectivity index (χ3v) is 8.64. The van der Waals surface area contributed by atoms with Crippen LogP contribution in [0.25, 0.3) is 0 Å². The quantitative estimate of drug-likeness (QED) is 0.119. The minimum absolute atomic E-state index is 0.